The number of rotatable bonds is 7. The predicted octanol–water partition coefficient (Wildman–Crippen LogP) is 5.68. The monoisotopic (exact) mass is 477 g/mol. The molecule has 0 bridgehead atoms. The molecule has 0 aliphatic carbocycles. The van der Waals surface area contributed by atoms with Crippen molar-refractivity contribution in [2.75, 3.05) is 6.61 Å². The van der Waals surface area contributed by atoms with Crippen LogP contribution in [0.25, 0.3) is 23.0 Å². The van der Waals surface area contributed by atoms with Gasteiger partial charge in [-0.3, -0.25) is 4.79 Å². The van der Waals surface area contributed by atoms with E-state index in [2.05, 4.69) is 10.3 Å². The molecule has 0 spiro atoms. The largest absolute Gasteiger partial charge is 0.454 e. The van der Waals surface area contributed by atoms with Crippen molar-refractivity contribution >= 4 is 41.0 Å². The lowest BCUT2D eigenvalue weighted by Crippen LogP contribution is -2.12. The Morgan fingerprint density at radius 3 is 2.48 bits per heavy atom. The van der Waals surface area contributed by atoms with E-state index in [1.54, 1.807) is 59.4 Å². The minimum atomic E-state index is -0.588. The quantitative estimate of drug-likeness (QED) is 0.194. The molecular weight excluding hydrogens is 461 g/mol. The summed E-state index contributed by atoms with van der Waals surface area (Å²) in [5.41, 5.74) is 3.28. The second kappa shape index (κ2) is 10.3. The van der Waals surface area contributed by atoms with E-state index in [1.165, 1.54) is 6.08 Å². The lowest BCUT2D eigenvalue weighted by atomic mass is 10.1. The third kappa shape index (κ3) is 5.55. The fourth-order valence-electron chi connectivity index (χ4n) is 3.09. The Bertz CT molecular complexity index is 1320. The molecule has 1 aromatic heterocycles. The highest BCUT2D eigenvalue weighted by Gasteiger charge is 2.14. The van der Waals surface area contributed by atoms with Crippen molar-refractivity contribution in [3.63, 3.8) is 0 Å². The highest BCUT2D eigenvalue weighted by Crippen LogP contribution is 2.31. The summed E-state index contributed by atoms with van der Waals surface area (Å²) < 4.78 is 6.65. The van der Waals surface area contributed by atoms with Crippen LogP contribution in [0.5, 0.6) is 0 Å². The van der Waals surface area contributed by atoms with Crippen LogP contribution in [-0.2, 0) is 9.53 Å². The molecular formula is C25H17Cl2N3O3. The van der Waals surface area contributed by atoms with Crippen LogP contribution < -0.4 is 0 Å². The molecule has 0 saturated heterocycles. The SMILES string of the molecule is O=C(/C=C/c1ccccc1)OCC(=O)c1ccc(-n2nncc2-c2cc(Cl)ccc2Cl)cc1. The van der Waals surface area contributed by atoms with Crippen LogP contribution in [0, 0.1) is 0 Å². The third-order valence-corrected chi connectivity index (χ3v) is 5.31. The first-order chi connectivity index (χ1) is 16.0. The molecule has 0 saturated carbocycles. The Morgan fingerprint density at radius 1 is 0.970 bits per heavy atom. The van der Waals surface area contributed by atoms with E-state index < -0.39 is 5.97 Å². The van der Waals surface area contributed by atoms with Crippen molar-refractivity contribution in [2.24, 2.45) is 0 Å². The summed E-state index contributed by atoms with van der Waals surface area (Å²) in [6.45, 7) is -0.357. The topological polar surface area (TPSA) is 74.1 Å². The number of carbonyl (C=O) groups excluding carboxylic acids is 2. The van der Waals surface area contributed by atoms with Gasteiger partial charge in [-0.05, 0) is 54.1 Å². The average Bonchev–Trinajstić information content (AvgIpc) is 3.33. The Morgan fingerprint density at radius 2 is 1.73 bits per heavy atom. The van der Waals surface area contributed by atoms with E-state index in [4.69, 9.17) is 27.9 Å². The van der Waals surface area contributed by atoms with Crippen molar-refractivity contribution in [3.05, 3.63) is 106 Å². The van der Waals surface area contributed by atoms with Gasteiger partial charge >= 0.3 is 5.97 Å². The van der Waals surface area contributed by atoms with Gasteiger partial charge in [0, 0.05) is 22.2 Å². The molecule has 164 valence electrons. The fraction of sp³-hybridized carbons (Fsp3) is 0.0400. The number of ether oxygens (including phenoxy) is 1. The molecule has 4 aromatic rings. The van der Waals surface area contributed by atoms with Gasteiger partial charge in [0.15, 0.2) is 12.4 Å². The Kier molecular flexibility index (Phi) is 6.98. The maximum atomic E-state index is 12.4. The molecule has 33 heavy (non-hydrogen) atoms. The number of carbonyl (C=O) groups is 2. The summed E-state index contributed by atoms with van der Waals surface area (Å²) in [5, 5.41) is 9.14. The molecule has 4 rings (SSSR count). The Labute approximate surface area is 200 Å². The third-order valence-electron chi connectivity index (χ3n) is 4.74. The van der Waals surface area contributed by atoms with E-state index >= 15 is 0 Å². The van der Waals surface area contributed by atoms with Crippen LogP contribution >= 0.6 is 23.2 Å². The van der Waals surface area contributed by atoms with E-state index in [0.717, 1.165) is 5.56 Å². The smallest absolute Gasteiger partial charge is 0.331 e. The summed E-state index contributed by atoms with van der Waals surface area (Å²) in [6, 6.07) is 21.2. The first-order valence-corrected chi connectivity index (χ1v) is 10.7. The van der Waals surface area contributed by atoms with E-state index in [9.17, 15) is 9.59 Å². The highest BCUT2D eigenvalue weighted by atomic mass is 35.5. The van der Waals surface area contributed by atoms with Crippen molar-refractivity contribution in [3.8, 4) is 16.9 Å². The zero-order valence-corrected chi connectivity index (χ0v) is 18.7. The number of benzene rings is 3. The van der Waals surface area contributed by atoms with Gasteiger partial charge in [0.1, 0.15) is 0 Å². The van der Waals surface area contributed by atoms with Crippen molar-refractivity contribution < 1.29 is 14.3 Å². The molecule has 0 N–H and O–H groups in total. The predicted molar refractivity (Wildman–Crippen MR) is 128 cm³/mol. The summed E-state index contributed by atoms with van der Waals surface area (Å²) in [4.78, 5) is 24.3. The minimum absolute atomic E-state index is 0.320. The molecule has 0 aliphatic rings. The molecule has 0 radical (unpaired) electrons. The van der Waals surface area contributed by atoms with Gasteiger partial charge < -0.3 is 4.74 Å². The van der Waals surface area contributed by atoms with Crippen molar-refractivity contribution in [1.29, 1.82) is 0 Å². The van der Waals surface area contributed by atoms with Gasteiger partial charge in [0.2, 0.25) is 0 Å². The maximum absolute atomic E-state index is 12.4. The summed E-state index contributed by atoms with van der Waals surface area (Å²) in [6.07, 6.45) is 4.50. The second-order valence-electron chi connectivity index (χ2n) is 6.98. The number of aromatic nitrogens is 3. The van der Waals surface area contributed by atoms with Crippen LogP contribution in [0.1, 0.15) is 15.9 Å². The first-order valence-electron chi connectivity index (χ1n) is 9.91. The van der Waals surface area contributed by atoms with Crippen LogP contribution in [0.4, 0.5) is 0 Å². The highest BCUT2D eigenvalue weighted by molar-refractivity contribution is 6.35. The Balaban J connectivity index is 1.42. The lowest BCUT2D eigenvalue weighted by Gasteiger charge is -2.09. The number of esters is 1. The first kappa shape index (κ1) is 22.5. The minimum Gasteiger partial charge on any atom is -0.454 e. The van der Waals surface area contributed by atoms with Gasteiger partial charge in [-0.25, -0.2) is 9.48 Å². The molecule has 0 fully saturated rings. The zero-order valence-electron chi connectivity index (χ0n) is 17.2. The molecule has 8 heteroatoms. The molecule has 1 heterocycles. The average molecular weight is 478 g/mol. The van der Waals surface area contributed by atoms with Crippen molar-refractivity contribution in [2.45, 2.75) is 0 Å². The molecule has 6 nitrogen and oxygen atoms in total. The lowest BCUT2D eigenvalue weighted by molar-refractivity contribution is -0.136. The maximum Gasteiger partial charge on any atom is 0.331 e. The number of halogens is 2. The summed E-state index contributed by atoms with van der Waals surface area (Å²) in [5.74, 6) is -0.908. The van der Waals surface area contributed by atoms with Gasteiger partial charge in [-0.1, -0.05) is 58.7 Å². The van der Waals surface area contributed by atoms with Gasteiger partial charge in [-0.2, -0.15) is 0 Å². The van der Waals surface area contributed by atoms with Crippen LogP contribution in [0.15, 0.2) is 85.1 Å². The fourth-order valence-corrected chi connectivity index (χ4v) is 3.47. The van der Waals surface area contributed by atoms with Gasteiger partial charge in [0.25, 0.3) is 0 Å². The van der Waals surface area contributed by atoms with Crippen LogP contribution in [0.2, 0.25) is 10.0 Å². The van der Waals surface area contributed by atoms with Crippen molar-refractivity contribution in [1.82, 2.24) is 15.0 Å². The number of hydrogen-bond donors (Lipinski definition) is 0. The number of Topliss-reactive ketones (excluding diaryl/α,β-unsaturated/α-hetero) is 1. The van der Waals surface area contributed by atoms with Crippen LogP contribution in [-0.4, -0.2) is 33.4 Å². The summed E-state index contributed by atoms with van der Waals surface area (Å²) >= 11 is 12.4. The number of hydrogen-bond acceptors (Lipinski definition) is 5. The zero-order chi connectivity index (χ0) is 23.2. The van der Waals surface area contributed by atoms with Gasteiger partial charge in [-0.15, -0.1) is 5.10 Å². The molecule has 0 amide bonds. The second-order valence-corrected chi connectivity index (χ2v) is 7.82. The van der Waals surface area contributed by atoms with E-state index in [-0.39, 0.29) is 12.4 Å². The molecule has 0 unspecified atom stereocenters. The normalized spacial score (nSPS) is 11.0. The van der Waals surface area contributed by atoms with Gasteiger partial charge in [0.05, 0.1) is 22.6 Å². The summed E-state index contributed by atoms with van der Waals surface area (Å²) in [7, 11) is 0. The molecule has 3 aromatic carbocycles. The molecule has 0 atom stereocenters. The number of ketones is 1. The standard InChI is InChI=1S/C25H17Cl2N3O3/c26-19-9-12-22(27)21(14-19)23-15-28-29-30(23)20-10-7-18(8-11-20)24(31)16-33-25(32)13-6-17-4-2-1-3-5-17/h1-15H,16H2/b13-6+. The van der Waals surface area contributed by atoms with E-state index in [0.29, 0.717) is 32.6 Å². The van der Waals surface area contributed by atoms with E-state index in [1.807, 2.05) is 30.3 Å². The number of nitrogens with zero attached hydrogens (tertiary/aromatic N) is 3. The molecule has 0 aliphatic heterocycles. The Hall–Kier alpha value is -3.74. The van der Waals surface area contributed by atoms with Crippen LogP contribution in [0.3, 0.4) is 0 Å².